The van der Waals surface area contributed by atoms with Gasteiger partial charge in [0.2, 0.25) is 14.1 Å². The predicted molar refractivity (Wildman–Crippen MR) is 266 cm³/mol. The lowest BCUT2D eigenvalue weighted by atomic mass is 9.81. The smallest absolute Gasteiger partial charge is 0.329 e. The van der Waals surface area contributed by atoms with Gasteiger partial charge in [0.1, 0.15) is 41.6 Å². The van der Waals surface area contributed by atoms with E-state index < -0.39 is 98.3 Å². The fourth-order valence-corrected chi connectivity index (χ4v) is 11.5. The minimum Gasteiger partial charge on any atom is -0.543 e. The van der Waals surface area contributed by atoms with Crippen molar-refractivity contribution in [3.63, 3.8) is 0 Å². The summed E-state index contributed by atoms with van der Waals surface area (Å²) < 4.78 is 37.2. The first-order chi connectivity index (χ1) is 32.3. The topological polar surface area (TPSA) is 188 Å². The summed E-state index contributed by atoms with van der Waals surface area (Å²) in [5.74, 6) is -6.39. The lowest BCUT2D eigenvalue weighted by Gasteiger charge is -2.47. The predicted octanol–water partition coefficient (Wildman–Crippen LogP) is 8.29. The number of amides is 1. The molecule has 388 valence electrons. The Bertz CT molecular complexity index is 1980. The average molecular weight is 984 g/mol. The number of ether oxygens (including phenoxy) is 5. The maximum absolute atomic E-state index is 14.5. The van der Waals surface area contributed by atoms with Crippen molar-refractivity contribution in [2.75, 3.05) is 20.8 Å². The number of fused-ring (bicyclic) bond motifs is 3. The summed E-state index contributed by atoms with van der Waals surface area (Å²) in [6, 6.07) is 6.39. The summed E-state index contributed by atoms with van der Waals surface area (Å²) in [6.45, 7) is 22.2. The summed E-state index contributed by atoms with van der Waals surface area (Å²) in [5, 5.41) is 35.5. The van der Waals surface area contributed by atoms with E-state index in [1.165, 1.54) is 19.1 Å². The molecule has 2 bridgehead atoms. The maximum atomic E-state index is 14.5. The van der Waals surface area contributed by atoms with Crippen molar-refractivity contribution in [2.24, 2.45) is 29.6 Å². The summed E-state index contributed by atoms with van der Waals surface area (Å²) in [6.07, 6.45) is 2.94. The monoisotopic (exact) mass is 984 g/mol. The van der Waals surface area contributed by atoms with Crippen molar-refractivity contribution in [2.45, 2.75) is 206 Å². The van der Waals surface area contributed by atoms with E-state index in [2.05, 4.69) is 40.8 Å². The molecule has 15 heteroatoms. The van der Waals surface area contributed by atoms with Crippen LogP contribution >= 0.6 is 0 Å². The molecule has 1 aromatic carbocycles. The Kier molecular flexibility index (Phi) is 19.5. The van der Waals surface area contributed by atoms with E-state index in [9.17, 15) is 34.5 Å². The van der Waals surface area contributed by atoms with Gasteiger partial charge < -0.3 is 48.3 Å². The number of aliphatic hydroxyl groups is 3. The van der Waals surface area contributed by atoms with Crippen LogP contribution in [0.3, 0.4) is 0 Å². The number of methoxy groups -OCH3 is 2. The number of Topliss-reactive ketones (excluding diaryl/α,β-unsaturated/α-hetero) is 2. The third kappa shape index (κ3) is 13.7. The number of hydrogen-bond donors (Lipinski definition) is 3. The Labute approximate surface area is 413 Å². The Morgan fingerprint density at radius 3 is 2.13 bits per heavy atom. The molecule has 3 fully saturated rings. The van der Waals surface area contributed by atoms with Crippen LogP contribution in [-0.2, 0) is 38.1 Å². The van der Waals surface area contributed by atoms with Crippen LogP contribution in [0.2, 0.25) is 18.1 Å². The summed E-state index contributed by atoms with van der Waals surface area (Å²) in [4.78, 5) is 58.4. The third-order valence-electron chi connectivity index (χ3n) is 15.9. The molecular weight excluding hydrogens is 899 g/mol. The molecule has 14 atom stereocenters. The molecule has 3 heterocycles. The highest BCUT2D eigenvalue weighted by Gasteiger charge is 2.56. The normalized spacial score (nSPS) is 36.3. The highest BCUT2D eigenvalue weighted by atomic mass is 28.4. The van der Waals surface area contributed by atoms with Gasteiger partial charge in [-0.05, 0) is 138 Å². The van der Waals surface area contributed by atoms with Gasteiger partial charge in [0, 0.05) is 44.9 Å². The number of esters is 1. The van der Waals surface area contributed by atoms with Crippen LogP contribution in [0, 0.1) is 29.6 Å². The second-order valence-corrected chi connectivity index (χ2v) is 27.1. The fourth-order valence-electron chi connectivity index (χ4n) is 10.5. The van der Waals surface area contributed by atoms with Gasteiger partial charge in [-0.3, -0.25) is 14.4 Å². The van der Waals surface area contributed by atoms with Crippen LogP contribution in [0.5, 0.6) is 11.5 Å². The number of allylic oxidation sites excluding steroid dienone is 3. The zero-order valence-corrected chi connectivity index (χ0v) is 44.8. The van der Waals surface area contributed by atoms with Gasteiger partial charge in [-0.1, -0.05) is 66.2 Å². The van der Waals surface area contributed by atoms with Crippen molar-refractivity contribution in [3.8, 4) is 11.5 Å². The van der Waals surface area contributed by atoms with E-state index in [0.717, 1.165) is 11.3 Å². The lowest BCUT2D eigenvalue weighted by Crippen LogP contribution is -2.64. The molecule has 0 aromatic heterocycles. The van der Waals surface area contributed by atoms with Gasteiger partial charge in [0.25, 0.3) is 11.7 Å². The minimum atomic E-state index is -2.52. The molecule has 1 aliphatic carbocycles. The number of carbonyl (C=O) groups is 4. The van der Waals surface area contributed by atoms with Gasteiger partial charge >= 0.3 is 5.97 Å². The van der Waals surface area contributed by atoms with Gasteiger partial charge in [0.15, 0.2) is 0 Å². The maximum Gasteiger partial charge on any atom is 0.329 e. The van der Waals surface area contributed by atoms with Gasteiger partial charge in [-0.25, -0.2) is 4.79 Å². The van der Waals surface area contributed by atoms with E-state index in [0.29, 0.717) is 62.7 Å². The molecule has 1 aromatic rings. The SMILES string of the molecule is CCC1/C=C(\C)CC(C)CC(OC)C2OC(O)(C(=O)C(=O)N3CCCCC3C(=O)OC(C(C)=CC3CCC(Oc4ccc(O[Si](C)(C)C(C)(C)C)cc4)C(O)C3)C(C)C(O)CC1=O)C(C)CC2OC. The minimum absolute atomic E-state index is 0.0197. The second kappa shape index (κ2) is 23.9. The van der Waals surface area contributed by atoms with Crippen molar-refractivity contribution in [1.29, 1.82) is 0 Å². The Morgan fingerprint density at radius 2 is 1.52 bits per heavy atom. The second-order valence-electron chi connectivity index (χ2n) is 22.4. The van der Waals surface area contributed by atoms with E-state index in [4.69, 9.17) is 28.1 Å². The summed E-state index contributed by atoms with van der Waals surface area (Å²) >= 11 is 0. The fraction of sp³-hybridized carbons (Fsp3) is 0.741. The number of benzene rings is 1. The van der Waals surface area contributed by atoms with Gasteiger partial charge in [0.05, 0.1) is 24.4 Å². The van der Waals surface area contributed by atoms with Crippen molar-refractivity contribution < 1.29 is 62.6 Å². The van der Waals surface area contributed by atoms with Crippen LogP contribution < -0.4 is 9.16 Å². The Balaban J connectivity index is 1.42. The Morgan fingerprint density at radius 1 is 0.884 bits per heavy atom. The molecule has 14 unspecified atom stereocenters. The number of nitrogens with zero attached hydrogens (tertiary/aromatic N) is 1. The Hall–Kier alpha value is -3.44. The molecule has 14 nitrogen and oxygen atoms in total. The van der Waals surface area contributed by atoms with E-state index >= 15 is 0 Å². The lowest BCUT2D eigenvalue weighted by molar-refractivity contribution is -0.302. The molecule has 69 heavy (non-hydrogen) atoms. The zero-order valence-electron chi connectivity index (χ0n) is 43.8. The standard InChI is InChI=1S/C54H85NO13Si/c1-14-38-26-32(2)25-33(3)27-46(63-10)49-47(64-11)29-35(5)54(62,67-49)50(59)51(60)55-24-16-15-17-41(55)52(61)66-48(36(6)42(56)31-43(38)57)34(4)28-37-18-23-45(44(58)30-37)65-39-19-21-40(22-20-39)68-69(12,13)53(7,8)9/h19-22,26,28,33,35-38,41-42,44-49,56,58,62H,14-18,23-25,27,29-31H2,1-13H3/b32-26+,34-28?. The van der Waals surface area contributed by atoms with Crippen LogP contribution in [-0.4, -0.2) is 127 Å². The zero-order chi connectivity index (χ0) is 51.2. The van der Waals surface area contributed by atoms with Crippen molar-refractivity contribution in [3.05, 3.63) is 47.6 Å². The third-order valence-corrected chi connectivity index (χ3v) is 20.2. The highest BCUT2D eigenvalue weighted by Crippen LogP contribution is 2.41. The van der Waals surface area contributed by atoms with Crippen LogP contribution in [0.4, 0.5) is 0 Å². The van der Waals surface area contributed by atoms with Crippen molar-refractivity contribution >= 4 is 31.8 Å². The van der Waals surface area contributed by atoms with Gasteiger partial charge in [-0.15, -0.1) is 0 Å². The van der Waals surface area contributed by atoms with Crippen LogP contribution in [0.25, 0.3) is 0 Å². The molecule has 1 saturated carbocycles. The first-order valence-corrected chi connectivity index (χ1v) is 28.5. The summed E-state index contributed by atoms with van der Waals surface area (Å²) in [5.41, 5.74) is 1.61. The van der Waals surface area contributed by atoms with Crippen LogP contribution in [0.15, 0.2) is 47.6 Å². The van der Waals surface area contributed by atoms with Crippen molar-refractivity contribution in [1.82, 2.24) is 4.90 Å². The molecule has 0 radical (unpaired) electrons. The highest BCUT2D eigenvalue weighted by molar-refractivity contribution is 6.74. The van der Waals surface area contributed by atoms with Crippen LogP contribution in [0.1, 0.15) is 133 Å². The van der Waals surface area contributed by atoms with E-state index in [1.54, 1.807) is 13.8 Å². The molecule has 4 aliphatic rings. The molecule has 1 amide bonds. The number of piperidine rings is 1. The number of aliphatic hydroxyl groups excluding tert-OH is 2. The number of ketones is 2. The summed E-state index contributed by atoms with van der Waals surface area (Å²) in [7, 11) is 1.04. The first-order valence-electron chi connectivity index (χ1n) is 25.6. The molecule has 5 rings (SSSR count). The molecule has 2 saturated heterocycles. The van der Waals surface area contributed by atoms with E-state index in [1.807, 2.05) is 57.2 Å². The number of cyclic esters (lactones) is 1. The average Bonchev–Trinajstić information content (AvgIpc) is 3.29. The molecule has 3 N–H and O–H groups in total. The first kappa shape index (κ1) is 56.5. The molecule has 3 aliphatic heterocycles. The van der Waals surface area contributed by atoms with Gasteiger partial charge in [-0.2, -0.15) is 0 Å². The largest absolute Gasteiger partial charge is 0.543 e. The number of rotatable bonds is 9. The number of hydrogen-bond acceptors (Lipinski definition) is 13. The number of carbonyl (C=O) groups excluding carboxylic acids is 4. The quantitative estimate of drug-likeness (QED) is 0.0930. The molecule has 0 spiro atoms. The molecular formula is C54H85NO13Si. The van der Waals surface area contributed by atoms with E-state index in [-0.39, 0.29) is 48.5 Å².